The van der Waals surface area contributed by atoms with E-state index in [0.29, 0.717) is 22.6 Å². The van der Waals surface area contributed by atoms with Crippen LogP contribution in [0.5, 0.6) is 17.4 Å². The van der Waals surface area contributed by atoms with Crippen molar-refractivity contribution in [1.29, 1.82) is 0 Å². The molecule has 4 rings (SSSR count). The average Bonchev–Trinajstić information content (AvgIpc) is 3.15. The molecule has 0 fully saturated rings. The molecule has 4 aromatic rings. The van der Waals surface area contributed by atoms with Crippen LogP contribution in [0.3, 0.4) is 0 Å². The molecule has 33 heavy (non-hydrogen) atoms. The molecule has 0 bridgehead atoms. The number of carbonyl (C=O) groups excluding carboxylic acids is 1. The fourth-order valence-corrected chi connectivity index (χ4v) is 3.52. The topological polar surface area (TPSA) is 129 Å². The zero-order chi connectivity index (χ0) is 23.5. The molecule has 0 saturated carbocycles. The third-order valence-electron chi connectivity index (χ3n) is 4.85. The van der Waals surface area contributed by atoms with Gasteiger partial charge in [-0.25, -0.2) is 9.78 Å². The summed E-state index contributed by atoms with van der Waals surface area (Å²) in [5.41, 5.74) is 2.06. The molecule has 0 aliphatic rings. The Kier molecular flexibility index (Phi) is 6.09. The number of nitrogens with one attached hydrogen (secondary N) is 2. The molecule has 1 amide bonds. The first kappa shape index (κ1) is 22.0. The minimum absolute atomic E-state index is 0.0254. The number of benzene rings is 2. The van der Waals surface area contributed by atoms with Gasteiger partial charge in [0.15, 0.2) is 0 Å². The van der Waals surface area contributed by atoms with Gasteiger partial charge in [-0.05, 0) is 38.1 Å². The van der Waals surface area contributed by atoms with Gasteiger partial charge < -0.3 is 24.5 Å². The quantitative estimate of drug-likeness (QED) is 0.297. The molecular weight excluding hydrogens is 428 g/mol. The van der Waals surface area contributed by atoms with E-state index in [-0.39, 0.29) is 24.2 Å². The van der Waals surface area contributed by atoms with Gasteiger partial charge in [-0.15, -0.1) is 0 Å². The standard InChI is InChI=1S/C23H22N4O6/c1-13(2)25-23(28)33-22-16(12-31-3)20-18(11-24-22)26-17-5-4-6-19(21(17)20)32-15-9-7-14(8-10-15)27(29)30/h4-11,13,26H,12H2,1-3H3,(H,25,28). The van der Waals surface area contributed by atoms with Crippen molar-refractivity contribution in [3.05, 3.63) is 64.3 Å². The van der Waals surface area contributed by atoms with Crippen LogP contribution in [0.2, 0.25) is 0 Å². The number of carbonyl (C=O) groups is 1. The number of fused-ring (bicyclic) bond motifs is 3. The number of rotatable bonds is 7. The van der Waals surface area contributed by atoms with Gasteiger partial charge in [0.1, 0.15) is 11.5 Å². The maximum atomic E-state index is 12.2. The maximum Gasteiger partial charge on any atom is 0.414 e. The third kappa shape index (κ3) is 4.55. The van der Waals surface area contributed by atoms with Gasteiger partial charge in [0, 0.05) is 30.7 Å². The smallest absolute Gasteiger partial charge is 0.414 e. The molecule has 170 valence electrons. The molecule has 2 heterocycles. The zero-order valence-corrected chi connectivity index (χ0v) is 18.2. The Morgan fingerprint density at radius 2 is 1.91 bits per heavy atom. The van der Waals surface area contributed by atoms with Gasteiger partial charge in [0.25, 0.3) is 5.69 Å². The van der Waals surface area contributed by atoms with Crippen molar-refractivity contribution < 1.29 is 23.9 Å². The van der Waals surface area contributed by atoms with Crippen molar-refractivity contribution in [3.8, 4) is 17.4 Å². The van der Waals surface area contributed by atoms with Gasteiger partial charge in [-0.2, -0.15) is 0 Å². The van der Waals surface area contributed by atoms with Crippen molar-refractivity contribution in [2.45, 2.75) is 26.5 Å². The molecule has 0 saturated heterocycles. The largest absolute Gasteiger partial charge is 0.457 e. The van der Waals surface area contributed by atoms with Crippen molar-refractivity contribution in [3.63, 3.8) is 0 Å². The first-order valence-corrected chi connectivity index (χ1v) is 10.2. The number of H-pyrrole nitrogens is 1. The molecule has 0 radical (unpaired) electrons. The normalized spacial score (nSPS) is 11.2. The predicted octanol–water partition coefficient (Wildman–Crippen LogP) is 5.06. The molecule has 0 spiro atoms. The average molecular weight is 450 g/mol. The third-order valence-corrected chi connectivity index (χ3v) is 4.85. The van der Waals surface area contributed by atoms with Crippen LogP contribution in [-0.2, 0) is 11.3 Å². The number of methoxy groups -OCH3 is 1. The van der Waals surface area contributed by atoms with Crippen LogP contribution < -0.4 is 14.8 Å². The molecule has 2 aromatic carbocycles. The van der Waals surface area contributed by atoms with Crippen molar-refractivity contribution in [2.24, 2.45) is 0 Å². The van der Waals surface area contributed by atoms with E-state index in [1.807, 2.05) is 26.0 Å². The van der Waals surface area contributed by atoms with E-state index in [9.17, 15) is 14.9 Å². The van der Waals surface area contributed by atoms with Crippen LogP contribution >= 0.6 is 0 Å². The number of non-ortho nitro benzene ring substituents is 1. The first-order chi connectivity index (χ1) is 15.9. The monoisotopic (exact) mass is 450 g/mol. The number of hydrogen-bond donors (Lipinski definition) is 2. The van der Waals surface area contributed by atoms with Gasteiger partial charge in [-0.1, -0.05) is 6.07 Å². The highest BCUT2D eigenvalue weighted by atomic mass is 16.6. The van der Waals surface area contributed by atoms with Gasteiger partial charge >= 0.3 is 6.09 Å². The summed E-state index contributed by atoms with van der Waals surface area (Å²) in [6.45, 7) is 3.80. The Balaban J connectivity index is 1.82. The number of nitro benzene ring substituents is 1. The van der Waals surface area contributed by atoms with Crippen molar-refractivity contribution >= 4 is 33.6 Å². The van der Waals surface area contributed by atoms with Crippen LogP contribution in [0.1, 0.15) is 19.4 Å². The summed E-state index contributed by atoms with van der Waals surface area (Å²) in [4.78, 5) is 30.3. The van der Waals surface area contributed by atoms with Gasteiger partial charge in [-0.3, -0.25) is 10.1 Å². The SMILES string of the molecule is COCc1c(OC(=O)NC(C)C)ncc2[nH]c3cccc(Oc4ccc([N+](=O)[O-])cc4)c3c12. The lowest BCUT2D eigenvalue weighted by molar-refractivity contribution is -0.384. The zero-order valence-electron chi connectivity index (χ0n) is 18.2. The summed E-state index contributed by atoms with van der Waals surface area (Å²) < 4.78 is 16.9. The van der Waals surface area contributed by atoms with Crippen LogP contribution in [0.15, 0.2) is 48.7 Å². The summed E-state index contributed by atoms with van der Waals surface area (Å²) in [6, 6.07) is 11.2. The lowest BCUT2D eigenvalue weighted by Gasteiger charge is -2.13. The number of nitrogens with zero attached hydrogens (tertiary/aromatic N) is 2. The van der Waals surface area contributed by atoms with Crippen LogP contribution in [0.25, 0.3) is 21.8 Å². The molecular formula is C23H22N4O6. The highest BCUT2D eigenvalue weighted by Gasteiger charge is 2.20. The molecule has 10 heteroatoms. The molecule has 0 aliphatic carbocycles. The van der Waals surface area contributed by atoms with E-state index < -0.39 is 11.0 Å². The molecule has 10 nitrogen and oxygen atoms in total. The Bertz CT molecular complexity index is 1330. The lowest BCUT2D eigenvalue weighted by Crippen LogP contribution is -2.33. The van der Waals surface area contributed by atoms with Crippen LogP contribution in [-0.4, -0.2) is 34.1 Å². The fraction of sp³-hybridized carbons (Fsp3) is 0.217. The lowest BCUT2D eigenvalue weighted by atomic mass is 10.1. The van der Waals surface area contributed by atoms with Crippen molar-refractivity contribution in [2.75, 3.05) is 7.11 Å². The summed E-state index contributed by atoms with van der Waals surface area (Å²) >= 11 is 0. The molecule has 2 aromatic heterocycles. The minimum atomic E-state index is -0.614. The number of aromatic nitrogens is 2. The van der Waals surface area contributed by atoms with Crippen molar-refractivity contribution in [1.82, 2.24) is 15.3 Å². The number of amides is 1. The van der Waals surface area contributed by atoms with E-state index in [1.165, 1.54) is 24.3 Å². The summed E-state index contributed by atoms with van der Waals surface area (Å²) in [5, 5.41) is 15.1. The second-order valence-corrected chi connectivity index (χ2v) is 7.61. The molecule has 0 atom stereocenters. The van der Waals surface area contributed by atoms with E-state index >= 15 is 0 Å². The highest BCUT2D eigenvalue weighted by Crippen LogP contribution is 2.39. The second-order valence-electron chi connectivity index (χ2n) is 7.61. The van der Waals surface area contributed by atoms with E-state index in [4.69, 9.17) is 14.2 Å². The van der Waals surface area contributed by atoms with Gasteiger partial charge in [0.2, 0.25) is 5.88 Å². The molecule has 2 N–H and O–H groups in total. The number of pyridine rings is 1. The Morgan fingerprint density at radius 3 is 2.58 bits per heavy atom. The number of ether oxygens (including phenoxy) is 3. The highest BCUT2D eigenvalue weighted by molar-refractivity contribution is 6.12. The molecule has 0 unspecified atom stereocenters. The number of nitro groups is 1. The summed E-state index contributed by atoms with van der Waals surface area (Å²) in [5.74, 6) is 1.10. The summed E-state index contributed by atoms with van der Waals surface area (Å²) in [7, 11) is 1.54. The minimum Gasteiger partial charge on any atom is -0.457 e. The van der Waals surface area contributed by atoms with Crippen LogP contribution in [0, 0.1) is 10.1 Å². The van der Waals surface area contributed by atoms with E-state index in [1.54, 1.807) is 19.4 Å². The first-order valence-electron chi connectivity index (χ1n) is 10.2. The Labute approximate surface area is 188 Å². The Morgan fingerprint density at radius 1 is 1.15 bits per heavy atom. The van der Waals surface area contributed by atoms with Gasteiger partial charge in [0.05, 0.1) is 39.7 Å². The van der Waals surface area contributed by atoms with E-state index in [2.05, 4.69) is 15.3 Å². The molecule has 0 aliphatic heterocycles. The van der Waals surface area contributed by atoms with Crippen LogP contribution in [0.4, 0.5) is 10.5 Å². The van der Waals surface area contributed by atoms with E-state index in [0.717, 1.165) is 16.3 Å². The maximum absolute atomic E-state index is 12.2. The Hall–Kier alpha value is -4.18. The summed E-state index contributed by atoms with van der Waals surface area (Å²) in [6.07, 6.45) is 0.971. The fourth-order valence-electron chi connectivity index (χ4n) is 3.52. The predicted molar refractivity (Wildman–Crippen MR) is 122 cm³/mol. The number of aromatic amines is 1. The number of hydrogen-bond acceptors (Lipinski definition) is 7. The second kappa shape index (κ2) is 9.13.